The van der Waals surface area contributed by atoms with Crippen LogP contribution >= 0.6 is 7.60 Å². The topological polar surface area (TPSA) is 83.4 Å². The molecule has 0 atom stereocenters. The molecule has 4 nitrogen and oxygen atoms in total. The van der Waals surface area contributed by atoms with Crippen LogP contribution in [-0.2, 0) is 20.6 Å². The first-order valence-corrected chi connectivity index (χ1v) is 26.1. The van der Waals surface area contributed by atoms with Crippen LogP contribution in [0.15, 0.2) is 12.1 Å². The van der Waals surface area contributed by atoms with Crippen molar-refractivity contribution in [3.05, 3.63) is 28.8 Å². The van der Waals surface area contributed by atoms with Gasteiger partial charge < -0.3 is 19.5 Å². The van der Waals surface area contributed by atoms with E-state index in [9.17, 15) is 19.5 Å². The molecule has 1 N–H and O–H groups in total. The quantitative estimate of drug-likeness (QED) is 0.0541. The Labute approximate surface area is 350 Å². The van der Waals surface area contributed by atoms with Crippen LogP contribution < -0.4 is 9.79 Å². The van der Waals surface area contributed by atoms with Crippen LogP contribution in [0.25, 0.3) is 0 Å². The summed E-state index contributed by atoms with van der Waals surface area (Å²) >= 11 is 0. The molecule has 5 heteroatoms. The second-order valence-electron chi connectivity index (χ2n) is 20.1. The first-order valence-electron chi connectivity index (χ1n) is 24.5. The molecule has 0 aromatic heterocycles. The molecule has 0 unspecified atom stereocenters. The van der Waals surface area contributed by atoms with Gasteiger partial charge in [0.25, 0.3) is 0 Å². The molecule has 0 saturated carbocycles. The van der Waals surface area contributed by atoms with Crippen LogP contribution in [0.5, 0.6) is 5.75 Å². The third kappa shape index (κ3) is 22.5. The molecule has 1 aromatic carbocycles. The van der Waals surface area contributed by atoms with Gasteiger partial charge in [-0.2, -0.15) is 0 Å². The molecule has 0 radical (unpaired) electrons. The minimum atomic E-state index is -5.05. The lowest BCUT2D eigenvalue weighted by Gasteiger charge is -2.51. The van der Waals surface area contributed by atoms with E-state index in [4.69, 9.17) is 0 Å². The van der Waals surface area contributed by atoms with Crippen molar-refractivity contribution in [1.82, 2.24) is 0 Å². The summed E-state index contributed by atoms with van der Waals surface area (Å²) in [5, 5.41) is 10.0. The van der Waals surface area contributed by atoms with Gasteiger partial charge in [0.2, 0.25) is 0 Å². The van der Waals surface area contributed by atoms with E-state index in [1.807, 2.05) is 12.1 Å². The standard InChI is InChI=1S/C51H97O4P/c1-9-11-13-15-17-19-21-23-25-27-29-31-33-35-37-39-41-51(56(53,54)55,45-43-46(49(3,4)5)48(52)47(44-45)50(6,7)8)42-40-38-36-34-32-30-28-26-24-22-20-18-16-14-12-10-2/h43-44,52H,9-42H2,1-8H3,(H2,53,54,55)/p-2. The Hall–Kier alpha value is -0.830. The fourth-order valence-electron chi connectivity index (χ4n) is 8.82. The largest absolute Gasteiger partial charge is 0.810 e. The summed E-state index contributed by atoms with van der Waals surface area (Å²) in [4.78, 5) is 27.3. The van der Waals surface area contributed by atoms with Gasteiger partial charge in [-0.1, -0.05) is 281 Å². The van der Waals surface area contributed by atoms with Crippen molar-refractivity contribution in [3.63, 3.8) is 0 Å². The van der Waals surface area contributed by atoms with E-state index >= 15 is 0 Å². The van der Waals surface area contributed by atoms with Crippen molar-refractivity contribution in [3.8, 4) is 5.75 Å². The van der Waals surface area contributed by atoms with Crippen LogP contribution in [0.3, 0.4) is 0 Å². The summed E-state index contributed by atoms with van der Waals surface area (Å²) in [6.07, 6.45) is 41.1. The minimum Gasteiger partial charge on any atom is -0.810 e. The monoisotopic (exact) mass is 803 g/mol. The Balaban J connectivity index is 2.77. The molecule has 0 aliphatic carbocycles. The molecule has 330 valence electrons. The maximum absolute atomic E-state index is 13.7. The van der Waals surface area contributed by atoms with Crippen molar-refractivity contribution >= 4 is 7.60 Å². The normalized spacial score (nSPS) is 12.9. The zero-order valence-electron chi connectivity index (χ0n) is 38.8. The number of aromatic hydroxyl groups is 1. The Kier molecular flexibility index (Phi) is 28.7. The zero-order valence-corrected chi connectivity index (χ0v) is 39.7. The average molecular weight is 803 g/mol. The molecule has 0 aliphatic rings. The first kappa shape index (κ1) is 53.2. The lowest BCUT2D eigenvalue weighted by atomic mass is 9.75. The van der Waals surface area contributed by atoms with Crippen LogP contribution in [0.2, 0.25) is 0 Å². The van der Waals surface area contributed by atoms with Gasteiger partial charge in [-0.3, -0.25) is 0 Å². The van der Waals surface area contributed by atoms with E-state index < -0.39 is 23.6 Å². The minimum absolute atomic E-state index is 0.235. The van der Waals surface area contributed by atoms with Crippen LogP contribution in [0.1, 0.15) is 290 Å². The van der Waals surface area contributed by atoms with Crippen molar-refractivity contribution in [2.45, 2.75) is 290 Å². The maximum atomic E-state index is 13.7. The lowest BCUT2D eigenvalue weighted by Crippen LogP contribution is -2.38. The zero-order chi connectivity index (χ0) is 41.8. The number of unbranched alkanes of at least 4 members (excludes halogenated alkanes) is 30. The highest BCUT2D eigenvalue weighted by molar-refractivity contribution is 7.50. The molecule has 0 fully saturated rings. The molecule has 0 spiro atoms. The van der Waals surface area contributed by atoms with E-state index in [-0.39, 0.29) is 5.75 Å². The second-order valence-corrected chi connectivity index (χ2v) is 21.9. The molecular formula is C51H95O4P-2. The SMILES string of the molecule is CCCCCCCCCCCCCCCCCCC(CCCCCCCCCCCCCCCCCC)(c1cc(C(C)(C)C)c(O)c(C(C)(C)C)c1)P(=O)([O-])[O-]. The number of benzene rings is 1. The van der Waals surface area contributed by atoms with Crippen LogP contribution in [0.4, 0.5) is 0 Å². The summed E-state index contributed by atoms with van der Waals surface area (Å²) in [6.45, 7) is 16.9. The van der Waals surface area contributed by atoms with Gasteiger partial charge in [-0.05, 0) is 40.4 Å². The summed E-state index contributed by atoms with van der Waals surface area (Å²) < 4.78 is 13.7. The smallest absolute Gasteiger partial charge is 0.123 e. The Bertz CT molecular complexity index is 1070. The van der Waals surface area contributed by atoms with Gasteiger partial charge in [0, 0.05) is 5.16 Å². The van der Waals surface area contributed by atoms with Crippen molar-refractivity contribution in [1.29, 1.82) is 0 Å². The molecule has 1 aromatic rings. The van der Waals surface area contributed by atoms with Gasteiger partial charge >= 0.3 is 0 Å². The fraction of sp³-hybridized carbons (Fsp3) is 0.882. The molecule has 1 rings (SSSR count). The van der Waals surface area contributed by atoms with Crippen molar-refractivity contribution < 1.29 is 19.5 Å². The van der Waals surface area contributed by atoms with Crippen LogP contribution in [-0.4, -0.2) is 5.11 Å². The summed E-state index contributed by atoms with van der Waals surface area (Å²) in [5.74, 6) is 0.235. The van der Waals surface area contributed by atoms with E-state index in [1.54, 1.807) is 0 Å². The Morgan fingerprint density at radius 3 is 0.839 bits per heavy atom. The highest BCUT2D eigenvalue weighted by Gasteiger charge is 2.38. The van der Waals surface area contributed by atoms with Crippen molar-refractivity contribution in [2.75, 3.05) is 0 Å². The predicted molar refractivity (Wildman–Crippen MR) is 243 cm³/mol. The second kappa shape index (κ2) is 30.2. The molecule has 0 amide bonds. The summed E-state index contributed by atoms with van der Waals surface area (Å²) in [6, 6.07) is 3.76. The summed E-state index contributed by atoms with van der Waals surface area (Å²) in [5.41, 5.74) is 1.28. The predicted octanol–water partition coefficient (Wildman–Crippen LogP) is 16.4. The third-order valence-corrected chi connectivity index (χ3v) is 14.4. The highest BCUT2D eigenvalue weighted by atomic mass is 31.2. The van der Waals surface area contributed by atoms with Gasteiger partial charge in [-0.25, -0.2) is 0 Å². The van der Waals surface area contributed by atoms with E-state index in [0.717, 1.165) is 49.7 Å². The van der Waals surface area contributed by atoms with Crippen LogP contribution in [0, 0.1) is 0 Å². The first-order chi connectivity index (χ1) is 26.6. The molecule has 56 heavy (non-hydrogen) atoms. The van der Waals surface area contributed by atoms with E-state index in [0.29, 0.717) is 18.4 Å². The number of phenolic OH excluding ortho intramolecular Hbond substituents is 1. The average Bonchev–Trinajstić information content (AvgIpc) is 3.12. The van der Waals surface area contributed by atoms with Gasteiger partial charge in [0.05, 0.1) is 0 Å². The van der Waals surface area contributed by atoms with Crippen molar-refractivity contribution in [2.24, 2.45) is 0 Å². The lowest BCUT2D eigenvalue weighted by molar-refractivity contribution is -0.322. The maximum Gasteiger partial charge on any atom is 0.123 e. The number of hydrogen-bond acceptors (Lipinski definition) is 4. The Morgan fingerprint density at radius 2 is 0.643 bits per heavy atom. The Morgan fingerprint density at radius 1 is 0.429 bits per heavy atom. The van der Waals surface area contributed by atoms with Gasteiger partial charge in [0.15, 0.2) is 0 Å². The molecule has 0 heterocycles. The number of hydrogen-bond donors (Lipinski definition) is 1. The third-order valence-electron chi connectivity index (χ3n) is 12.7. The highest BCUT2D eigenvalue weighted by Crippen LogP contribution is 2.58. The van der Waals surface area contributed by atoms with E-state index in [2.05, 4.69) is 55.4 Å². The molecule has 0 saturated heterocycles. The van der Waals surface area contributed by atoms with E-state index in [1.165, 1.54) is 167 Å². The molecular weight excluding hydrogens is 708 g/mol. The number of rotatable bonds is 36. The fourth-order valence-corrected chi connectivity index (χ4v) is 10.1. The van der Waals surface area contributed by atoms with Gasteiger partial charge in [-0.15, -0.1) is 0 Å². The summed E-state index contributed by atoms with van der Waals surface area (Å²) in [7, 11) is -5.05. The molecule has 0 bridgehead atoms. The van der Waals surface area contributed by atoms with Gasteiger partial charge in [0.1, 0.15) is 5.75 Å². The number of phenols is 1. The molecule has 0 aliphatic heterocycles.